The van der Waals surface area contributed by atoms with E-state index >= 15 is 0 Å². The van der Waals surface area contributed by atoms with E-state index in [4.69, 9.17) is 18.6 Å². The molecule has 0 amide bonds. The van der Waals surface area contributed by atoms with Crippen LogP contribution >= 0.6 is 0 Å². The van der Waals surface area contributed by atoms with Gasteiger partial charge in [-0.05, 0) is 36.2 Å². The minimum absolute atomic E-state index is 0.0211. The Morgan fingerprint density at radius 3 is 2.62 bits per heavy atom. The van der Waals surface area contributed by atoms with Crippen LogP contribution in [-0.2, 0) is 24.3 Å². The van der Waals surface area contributed by atoms with Gasteiger partial charge in [-0.2, -0.15) is 0 Å². The molecule has 1 aliphatic rings. The molecule has 0 fully saturated rings. The van der Waals surface area contributed by atoms with Crippen molar-refractivity contribution in [3.8, 4) is 11.5 Å². The summed E-state index contributed by atoms with van der Waals surface area (Å²) in [7, 11) is 5.05. The third kappa shape index (κ3) is 3.55. The lowest BCUT2D eigenvalue weighted by Crippen LogP contribution is -2.35. The molecule has 5 rings (SSSR count). The smallest absolute Gasteiger partial charge is 0.165 e. The molecule has 2 aromatic heterocycles. The number of methoxy groups -OCH3 is 3. The van der Waals surface area contributed by atoms with E-state index < -0.39 is 0 Å². The average Bonchev–Trinajstić information content (AvgIpc) is 3.42. The van der Waals surface area contributed by atoms with E-state index in [1.165, 1.54) is 16.6 Å². The Morgan fingerprint density at radius 2 is 1.81 bits per heavy atom. The highest BCUT2D eigenvalue weighted by molar-refractivity contribution is 5.85. The summed E-state index contributed by atoms with van der Waals surface area (Å²) in [4.78, 5) is 6.14. The molecule has 6 heteroatoms. The summed E-state index contributed by atoms with van der Waals surface area (Å²) in [5.41, 5.74) is 4.80. The molecule has 0 radical (unpaired) electrons. The second-order valence-electron chi connectivity index (χ2n) is 8.07. The van der Waals surface area contributed by atoms with Gasteiger partial charge < -0.3 is 23.6 Å². The molecular weight excluding hydrogens is 404 g/mol. The number of nitrogens with one attached hydrogen (secondary N) is 1. The third-order valence-electron chi connectivity index (χ3n) is 6.23. The number of fused-ring (bicyclic) bond motifs is 3. The van der Waals surface area contributed by atoms with Gasteiger partial charge >= 0.3 is 0 Å². The first-order chi connectivity index (χ1) is 15.7. The number of ether oxygens (including phenoxy) is 3. The van der Waals surface area contributed by atoms with Crippen LogP contribution in [-0.4, -0.2) is 37.8 Å². The number of para-hydroxylation sites is 2. The summed E-state index contributed by atoms with van der Waals surface area (Å²) in [5.74, 6) is 3.24. The van der Waals surface area contributed by atoms with E-state index in [-0.39, 0.29) is 6.04 Å². The predicted octanol–water partition coefficient (Wildman–Crippen LogP) is 5.07. The molecule has 0 aliphatic carbocycles. The van der Waals surface area contributed by atoms with E-state index in [0.717, 1.165) is 47.1 Å². The molecule has 166 valence electrons. The standard InChI is InChI=1S/C26H28N2O4/c1-29-16-18-12-11-17(32-18)15-28-14-13-20-19-7-4-5-9-22(19)27-24(20)25(28)21-8-6-10-23(30-2)26(21)31-3/h4-12,25,27H,13-16H2,1-3H3/t25-/m0/s1. The van der Waals surface area contributed by atoms with Crippen LogP contribution in [0.4, 0.5) is 0 Å². The van der Waals surface area contributed by atoms with Gasteiger partial charge in [-0.15, -0.1) is 0 Å². The monoisotopic (exact) mass is 432 g/mol. The SMILES string of the molecule is COCc1ccc(CN2CCc3c([nH]c4ccccc34)[C@@H]2c2cccc(OC)c2OC)o1. The molecule has 1 N–H and O–H groups in total. The zero-order valence-corrected chi connectivity index (χ0v) is 18.7. The van der Waals surface area contributed by atoms with E-state index in [0.29, 0.717) is 13.2 Å². The number of hydrogen-bond donors (Lipinski definition) is 1. The summed E-state index contributed by atoms with van der Waals surface area (Å²) < 4.78 is 22.7. The molecule has 32 heavy (non-hydrogen) atoms. The Labute approximate surface area is 187 Å². The molecule has 0 saturated heterocycles. The number of benzene rings is 2. The van der Waals surface area contributed by atoms with E-state index in [2.05, 4.69) is 40.2 Å². The highest BCUT2D eigenvalue weighted by Crippen LogP contribution is 2.44. The van der Waals surface area contributed by atoms with Gasteiger partial charge in [0.15, 0.2) is 11.5 Å². The van der Waals surface area contributed by atoms with Crippen molar-refractivity contribution in [3.05, 3.63) is 82.9 Å². The maximum absolute atomic E-state index is 6.03. The first kappa shape index (κ1) is 20.7. The summed E-state index contributed by atoms with van der Waals surface area (Å²) >= 11 is 0. The lowest BCUT2D eigenvalue weighted by molar-refractivity contribution is 0.152. The van der Waals surface area contributed by atoms with Crippen LogP contribution in [0.5, 0.6) is 11.5 Å². The number of hydrogen-bond acceptors (Lipinski definition) is 5. The van der Waals surface area contributed by atoms with Crippen molar-refractivity contribution in [3.63, 3.8) is 0 Å². The van der Waals surface area contributed by atoms with Crippen LogP contribution in [0.3, 0.4) is 0 Å². The maximum atomic E-state index is 6.03. The zero-order valence-electron chi connectivity index (χ0n) is 18.7. The van der Waals surface area contributed by atoms with Crippen LogP contribution in [0.2, 0.25) is 0 Å². The minimum Gasteiger partial charge on any atom is -0.493 e. The Bertz CT molecular complexity index is 1230. The molecule has 1 atom stereocenters. The molecule has 0 spiro atoms. The van der Waals surface area contributed by atoms with Crippen molar-refractivity contribution in [1.82, 2.24) is 9.88 Å². The summed E-state index contributed by atoms with van der Waals surface area (Å²) in [6, 6.07) is 18.6. The fraction of sp³-hybridized carbons (Fsp3) is 0.308. The van der Waals surface area contributed by atoms with E-state index in [9.17, 15) is 0 Å². The van der Waals surface area contributed by atoms with Gasteiger partial charge in [0.25, 0.3) is 0 Å². The number of nitrogens with zero attached hydrogens (tertiary/aromatic N) is 1. The fourth-order valence-corrected chi connectivity index (χ4v) is 4.87. The highest BCUT2D eigenvalue weighted by atomic mass is 16.5. The summed E-state index contributed by atoms with van der Waals surface area (Å²) in [6.45, 7) is 2.06. The number of aromatic nitrogens is 1. The van der Waals surface area contributed by atoms with Crippen molar-refractivity contribution in [1.29, 1.82) is 0 Å². The molecule has 4 aromatic rings. The predicted molar refractivity (Wildman–Crippen MR) is 123 cm³/mol. The second kappa shape index (κ2) is 8.73. The normalized spacial score (nSPS) is 16.3. The average molecular weight is 433 g/mol. The topological polar surface area (TPSA) is 59.9 Å². The lowest BCUT2D eigenvalue weighted by atomic mass is 9.91. The quantitative estimate of drug-likeness (QED) is 0.442. The van der Waals surface area contributed by atoms with Crippen LogP contribution in [0.15, 0.2) is 59.0 Å². The first-order valence-electron chi connectivity index (χ1n) is 10.8. The minimum atomic E-state index is -0.0211. The van der Waals surface area contributed by atoms with E-state index in [1.54, 1.807) is 21.3 Å². The number of furan rings is 1. The largest absolute Gasteiger partial charge is 0.493 e. The Hall–Kier alpha value is -3.22. The second-order valence-corrected chi connectivity index (χ2v) is 8.07. The van der Waals surface area contributed by atoms with Crippen molar-refractivity contribution < 1.29 is 18.6 Å². The molecular formula is C26H28N2O4. The lowest BCUT2D eigenvalue weighted by Gasteiger charge is -2.36. The van der Waals surface area contributed by atoms with Gasteiger partial charge in [0.2, 0.25) is 0 Å². The molecule has 0 unspecified atom stereocenters. The molecule has 0 bridgehead atoms. The maximum Gasteiger partial charge on any atom is 0.165 e. The van der Waals surface area contributed by atoms with E-state index in [1.807, 2.05) is 24.3 Å². The molecule has 0 saturated carbocycles. The Kier molecular flexibility index (Phi) is 5.64. The van der Waals surface area contributed by atoms with Gasteiger partial charge in [0.05, 0.1) is 26.8 Å². The molecule has 6 nitrogen and oxygen atoms in total. The van der Waals surface area contributed by atoms with Crippen molar-refractivity contribution in [2.45, 2.75) is 25.6 Å². The molecule has 1 aliphatic heterocycles. The van der Waals surface area contributed by atoms with Crippen LogP contribution in [0.1, 0.15) is 34.4 Å². The number of aromatic amines is 1. The van der Waals surface area contributed by atoms with Crippen LogP contribution in [0.25, 0.3) is 10.9 Å². The van der Waals surface area contributed by atoms with Crippen molar-refractivity contribution in [2.24, 2.45) is 0 Å². The van der Waals surface area contributed by atoms with Gasteiger partial charge in [-0.25, -0.2) is 0 Å². The van der Waals surface area contributed by atoms with Gasteiger partial charge in [-0.1, -0.05) is 30.3 Å². The van der Waals surface area contributed by atoms with Crippen LogP contribution < -0.4 is 9.47 Å². The summed E-state index contributed by atoms with van der Waals surface area (Å²) in [5, 5.41) is 1.29. The van der Waals surface area contributed by atoms with Crippen LogP contribution in [0, 0.1) is 0 Å². The number of rotatable bonds is 7. The Balaban J connectivity index is 1.62. The highest BCUT2D eigenvalue weighted by Gasteiger charge is 2.34. The Morgan fingerprint density at radius 1 is 0.969 bits per heavy atom. The van der Waals surface area contributed by atoms with Gasteiger partial charge in [-0.3, -0.25) is 4.90 Å². The van der Waals surface area contributed by atoms with Gasteiger partial charge in [0, 0.05) is 35.8 Å². The third-order valence-corrected chi connectivity index (χ3v) is 6.23. The first-order valence-corrected chi connectivity index (χ1v) is 10.8. The molecule has 2 aromatic carbocycles. The van der Waals surface area contributed by atoms with Gasteiger partial charge in [0.1, 0.15) is 18.1 Å². The van der Waals surface area contributed by atoms with Crippen molar-refractivity contribution in [2.75, 3.05) is 27.9 Å². The fourth-order valence-electron chi connectivity index (χ4n) is 4.87. The molecule has 3 heterocycles. The zero-order chi connectivity index (χ0) is 22.1. The summed E-state index contributed by atoms with van der Waals surface area (Å²) in [6.07, 6.45) is 0.966. The van der Waals surface area contributed by atoms with Crippen molar-refractivity contribution >= 4 is 10.9 Å². The number of H-pyrrole nitrogens is 1.